The lowest BCUT2D eigenvalue weighted by Crippen LogP contribution is -2.44. The van der Waals surface area contributed by atoms with E-state index in [1.165, 1.54) is 50.5 Å². The Bertz CT molecular complexity index is 1090. The van der Waals surface area contributed by atoms with Crippen molar-refractivity contribution in [1.29, 1.82) is 0 Å². The molecule has 0 aromatic heterocycles. The molecule has 4 aliphatic carbocycles. The SMILES string of the molecule is C=C(CCC(C)C1CC=C2C3=C(CCC21C)C1(C)CCC(OC(=O)c2ccccc2)CC1CC3)C(C)C. The zero-order chi connectivity index (χ0) is 26.4. The number of hydrogen-bond donors (Lipinski definition) is 0. The van der Waals surface area contributed by atoms with Crippen LogP contribution in [0.15, 0.2) is 65.3 Å². The van der Waals surface area contributed by atoms with Crippen molar-refractivity contribution in [2.24, 2.45) is 34.5 Å². The Kier molecular flexibility index (Phi) is 7.33. The third-order valence-corrected chi connectivity index (χ3v) is 11.2. The van der Waals surface area contributed by atoms with Crippen LogP contribution in [0.25, 0.3) is 0 Å². The molecular formula is C35H48O2. The first kappa shape index (κ1) is 26.5. The van der Waals surface area contributed by atoms with Gasteiger partial charge in [-0.1, -0.05) is 76.6 Å². The van der Waals surface area contributed by atoms with E-state index in [2.05, 4.69) is 47.3 Å². The Balaban J connectivity index is 1.28. The molecule has 5 rings (SSSR count). The predicted molar refractivity (Wildman–Crippen MR) is 153 cm³/mol. The van der Waals surface area contributed by atoms with E-state index in [0.29, 0.717) is 22.8 Å². The minimum atomic E-state index is -0.161. The van der Waals surface area contributed by atoms with Crippen molar-refractivity contribution in [3.05, 3.63) is 70.8 Å². The number of carbonyl (C=O) groups is 1. The van der Waals surface area contributed by atoms with Gasteiger partial charge in [0, 0.05) is 0 Å². The highest BCUT2D eigenvalue weighted by Gasteiger charge is 2.53. The molecule has 37 heavy (non-hydrogen) atoms. The van der Waals surface area contributed by atoms with Gasteiger partial charge in [-0.15, -0.1) is 0 Å². The summed E-state index contributed by atoms with van der Waals surface area (Å²) in [6.07, 6.45) is 14.5. The lowest BCUT2D eigenvalue weighted by atomic mass is 9.51. The van der Waals surface area contributed by atoms with Crippen LogP contribution in [0.5, 0.6) is 0 Å². The van der Waals surface area contributed by atoms with Crippen LogP contribution >= 0.6 is 0 Å². The Labute approximate surface area is 225 Å². The molecule has 0 N–H and O–H groups in total. The summed E-state index contributed by atoms with van der Waals surface area (Å²) >= 11 is 0. The van der Waals surface area contributed by atoms with Gasteiger partial charge in [-0.3, -0.25) is 0 Å². The van der Waals surface area contributed by atoms with Gasteiger partial charge in [-0.2, -0.15) is 0 Å². The van der Waals surface area contributed by atoms with Gasteiger partial charge in [0.25, 0.3) is 0 Å². The average molecular weight is 501 g/mol. The quantitative estimate of drug-likeness (QED) is 0.275. The van der Waals surface area contributed by atoms with E-state index in [4.69, 9.17) is 4.74 Å². The molecule has 1 fully saturated rings. The first-order valence-corrected chi connectivity index (χ1v) is 15.0. The fourth-order valence-corrected chi connectivity index (χ4v) is 8.52. The molecule has 1 aromatic carbocycles. The fourth-order valence-electron chi connectivity index (χ4n) is 8.52. The maximum absolute atomic E-state index is 12.7. The Morgan fingerprint density at radius 2 is 1.81 bits per heavy atom. The topological polar surface area (TPSA) is 26.3 Å². The van der Waals surface area contributed by atoms with Gasteiger partial charge in [-0.25, -0.2) is 4.79 Å². The predicted octanol–water partition coefficient (Wildman–Crippen LogP) is 9.48. The molecule has 6 unspecified atom stereocenters. The van der Waals surface area contributed by atoms with Crippen molar-refractivity contribution in [1.82, 2.24) is 0 Å². The molecule has 0 amide bonds. The molecule has 0 saturated heterocycles. The highest BCUT2D eigenvalue weighted by molar-refractivity contribution is 5.89. The molecule has 200 valence electrons. The second-order valence-corrected chi connectivity index (χ2v) is 13.5. The van der Waals surface area contributed by atoms with Crippen LogP contribution in [0.3, 0.4) is 0 Å². The molecule has 2 heteroatoms. The van der Waals surface area contributed by atoms with Gasteiger partial charge in [0.1, 0.15) is 6.10 Å². The van der Waals surface area contributed by atoms with Crippen LogP contribution < -0.4 is 0 Å². The summed E-state index contributed by atoms with van der Waals surface area (Å²) in [4.78, 5) is 12.7. The van der Waals surface area contributed by atoms with Crippen molar-refractivity contribution in [2.75, 3.05) is 0 Å². The second kappa shape index (κ2) is 10.2. The standard InChI is InChI=1S/C35H48O2/c1-23(2)24(3)12-13-25(4)30-16-17-31-29-15-14-27-22-28(37-33(36)26-10-8-7-9-11-26)18-20-34(27,5)32(29)19-21-35(30,31)6/h7-11,17,23,25,27-28,30H,3,12-16,18-22H2,1-2,4-6H3. The third kappa shape index (κ3) is 4.79. The number of rotatable bonds is 7. The summed E-state index contributed by atoms with van der Waals surface area (Å²) in [6.45, 7) is 16.5. The van der Waals surface area contributed by atoms with Gasteiger partial charge < -0.3 is 4.74 Å². The lowest BCUT2D eigenvalue weighted by Gasteiger charge is -2.54. The van der Waals surface area contributed by atoms with Gasteiger partial charge in [-0.05, 0) is 122 Å². The summed E-state index contributed by atoms with van der Waals surface area (Å²) in [5, 5.41) is 0. The minimum Gasteiger partial charge on any atom is -0.459 e. The summed E-state index contributed by atoms with van der Waals surface area (Å²) in [6, 6.07) is 9.47. The molecule has 0 heterocycles. The molecule has 2 nitrogen and oxygen atoms in total. The summed E-state index contributed by atoms with van der Waals surface area (Å²) in [5.74, 6) is 2.55. The zero-order valence-electron chi connectivity index (χ0n) is 23.9. The van der Waals surface area contributed by atoms with Crippen LogP contribution in [0.2, 0.25) is 0 Å². The van der Waals surface area contributed by atoms with E-state index < -0.39 is 0 Å². The molecule has 0 bridgehead atoms. The molecule has 0 spiro atoms. The number of benzene rings is 1. The largest absolute Gasteiger partial charge is 0.459 e. The summed E-state index contributed by atoms with van der Waals surface area (Å²) < 4.78 is 6.02. The first-order chi connectivity index (χ1) is 17.6. The lowest BCUT2D eigenvalue weighted by molar-refractivity contribution is -0.0124. The first-order valence-electron chi connectivity index (χ1n) is 15.0. The van der Waals surface area contributed by atoms with Crippen LogP contribution in [0.4, 0.5) is 0 Å². The van der Waals surface area contributed by atoms with Crippen LogP contribution in [0, 0.1) is 34.5 Å². The second-order valence-electron chi connectivity index (χ2n) is 13.5. The fraction of sp³-hybridized carbons (Fsp3) is 0.629. The Morgan fingerprint density at radius 1 is 1.05 bits per heavy atom. The van der Waals surface area contributed by atoms with Crippen molar-refractivity contribution >= 4 is 5.97 Å². The normalized spacial score (nSPS) is 33.8. The van der Waals surface area contributed by atoms with Gasteiger partial charge in [0.05, 0.1) is 5.56 Å². The highest BCUT2D eigenvalue weighted by atomic mass is 16.5. The monoisotopic (exact) mass is 500 g/mol. The van der Waals surface area contributed by atoms with Crippen molar-refractivity contribution < 1.29 is 9.53 Å². The number of carbonyl (C=O) groups excluding carboxylic acids is 1. The smallest absolute Gasteiger partial charge is 0.338 e. The summed E-state index contributed by atoms with van der Waals surface area (Å²) in [5.41, 5.74) is 7.89. The number of fused-ring (bicyclic) bond motifs is 4. The zero-order valence-corrected chi connectivity index (χ0v) is 23.9. The third-order valence-electron chi connectivity index (χ3n) is 11.2. The highest BCUT2D eigenvalue weighted by Crippen LogP contribution is 2.64. The van der Waals surface area contributed by atoms with E-state index in [-0.39, 0.29) is 17.5 Å². The Morgan fingerprint density at radius 3 is 2.54 bits per heavy atom. The minimum absolute atomic E-state index is 0.0540. The van der Waals surface area contributed by atoms with E-state index in [1.807, 2.05) is 30.3 Å². The van der Waals surface area contributed by atoms with E-state index in [1.54, 1.807) is 16.7 Å². The molecule has 0 aliphatic heterocycles. The van der Waals surface area contributed by atoms with Gasteiger partial charge in [0.2, 0.25) is 0 Å². The average Bonchev–Trinajstić information content (AvgIpc) is 3.25. The number of esters is 1. The maximum atomic E-state index is 12.7. The van der Waals surface area contributed by atoms with Gasteiger partial charge >= 0.3 is 5.97 Å². The molecule has 0 radical (unpaired) electrons. The molecule has 6 atom stereocenters. The van der Waals surface area contributed by atoms with Crippen molar-refractivity contribution in [3.63, 3.8) is 0 Å². The van der Waals surface area contributed by atoms with Crippen LogP contribution in [-0.2, 0) is 4.74 Å². The number of hydrogen-bond acceptors (Lipinski definition) is 2. The van der Waals surface area contributed by atoms with E-state index >= 15 is 0 Å². The summed E-state index contributed by atoms with van der Waals surface area (Å²) in [7, 11) is 0. The molecule has 1 saturated carbocycles. The van der Waals surface area contributed by atoms with E-state index in [0.717, 1.165) is 31.1 Å². The Hall–Kier alpha value is -2.09. The van der Waals surface area contributed by atoms with Crippen molar-refractivity contribution in [2.45, 2.75) is 105 Å². The van der Waals surface area contributed by atoms with E-state index in [9.17, 15) is 4.79 Å². The molecule has 1 aromatic rings. The maximum Gasteiger partial charge on any atom is 0.338 e. The van der Waals surface area contributed by atoms with Crippen molar-refractivity contribution in [3.8, 4) is 0 Å². The molecular weight excluding hydrogens is 452 g/mol. The number of allylic oxidation sites excluding steroid dienone is 5. The van der Waals surface area contributed by atoms with Crippen LogP contribution in [-0.4, -0.2) is 12.1 Å². The number of ether oxygens (including phenoxy) is 1. The van der Waals surface area contributed by atoms with Crippen LogP contribution in [0.1, 0.15) is 109 Å². The van der Waals surface area contributed by atoms with Gasteiger partial charge in [0.15, 0.2) is 0 Å². The molecule has 4 aliphatic rings.